The summed E-state index contributed by atoms with van der Waals surface area (Å²) in [7, 11) is 0. The normalized spacial score (nSPS) is 20.7. The molecule has 2 aliphatic heterocycles. The lowest BCUT2D eigenvalue weighted by Gasteiger charge is -2.34. The molecular weight excluding hydrogens is 412 g/mol. The molecule has 2 aromatic heterocycles. The molecule has 0 aromatic carbocycles. The molecule has 1 N–H and O–H groups in total. The van der Waals surface area contributed by atoms with Crippen LogP contribution in [-0.2, 0) is 16.0 Å². The fourth-order valence-electron chi connectivity index (χ4n) is 4.01. The highest BCUT2D eigenvalue weighted by molar-refractivity contribution is 7.15. The monoisotopic (exact) mass is 444 g/mol. The topological polar surface area (TPSA) is 83.5 Å². The second-order valence-electron chi connectivity index (χ2n) is 8.40. The Hall–Kier alpha value is -2.10. The summed E-state index contributed by atoms with van der Waals surface area (Å²) in [4.78, 5) is 21.9. The molecule has 31 heavy (non-hydrogen) atoms. The van der Waals surface area contributed by atoms with E-state index < -0.39 is 0 Å². The first-order valence-electron chi connectivity index (χ1n) is 11.3. The maximum Gasteiger partial charge on any atom is 0.224 e. The molecule has 1 atom stereocenters. The minimum absolute atomic E-state index is 0.210. The third-order valence-corrected chi connectivity index (χ3v) is 7.03. The van der Waals surface area contributed by atoms with Crippen molar-refractivity contribution in [3.63, 3.8) is 0 Å². The Bertz CT molecular complexity index is 867. The van der Waals surface area contributed by atoms with Crippen LogP contribution in [0.5, 0.6) is 0 Å². The first-order valence-corrected chi connectivity index (χ1v) is 12.1. The number of anilines is 2. The number of piperidine rings is 1. The Morgan fingerprint density at radius 3 is 2.87 bits per heavy atom. The minimum Gasteiger partial charge on any atom is -0.368 e. The van der Waals surface area contributed by atoms with Crippen LogP contribution in [0.2, 0.25) is 0 Å². The Morgan fingerprint density at radius 2 is 2.10 bits per heavy atom. The molecule has 4 rings (SSSR count). The van der Waals surface area contributed by atoms with E-state index in [1.165, 1.54) is 24.2 Å². The molecule has 0 aliphatic carbocycles. The molecule has 0 saturated carbocycles. The molecule has 9 heteroatoms. The van der Waals surface area contributed by atoms with Gasteiger partial charge in [0.2, 0.25) is 11.0 Å². The molecular formula is C22H32N6O2S. The lowest BCUT2D eigenvalue weighted by molar-refractivity contribution is -0.139. The molecule has 168 valence electrons. The van der Waals surface area contributed by atoms with Crippen molar-refractivity contribution >= 4 is 28.2 Å². The average Bonchev–Trinajstić information content (AvgIpc) is 3.26. The van der Waals surface area contributed by atoms with Crippen molar-refractivity contribution in [3.05, 3.63) is 28.9 Å². The summed E-state index contributed by atoms with van der Waals surface area (Å²) in [6.45, 7) is 9.17. The standard InChI is InChI=1S/C22H32N6O2S/c1-3-20-25-26-22(31-20)24-19-6-4-5-17(23-19)18-15-28(13-14-30-18)21(29)9-12-27-10-7-16(2)8-11-27/h4-6,16,18H,3,7-15H2,1-2H3,(H,23,24,26)/t18-/m1/s1. The summed E-state index contributed by atoms with van der Waals surface area (Å²) in [6.07, 6.45) is 3.70. The predicted octanol–water partition coefficient (Wildman–Crippen LogP) is 3.26. The van der Waals surface area contributed by atoms with Crippen LogP contribution in [0, 0.1) is 5.92 Å². The third kappa shape index (κ3) is 5.99. The number of nitrogens with one attached hydrogen (secondary N) is 1. The van der Waals surface area contributed by atoms with E-state index >= 15 is 0 Å². The van der Waals surface area contributed by atoms with Crippen LogP contribution in [0.3, 0.4) is 0 Å². The number of likely N-dealkylation sites (tertiary alicyclic amines) is 1. The lowest BCUT2D eigenvalue weighted by Crippen LogP contribution is -2.44. The number of carbonyl (C=O) groups excluding carboxylic acids is 1. The average molecular weight is 445 g/mol. The van der Waals surface area contributed by atoms with Crippen molar-refractivity contribution in [1.82, 2.24) is 25.0 Å². The number of ether oxygens (including phenoxy) is 1. The zero-order chi connectivity index (χ0) is 21.6. The van der Waals surface area contributed by atoms with E-state index in [2.05, 4.69) is 34.3 Å². The highest BCUT2D eigenvalue weighted by atomic mass is 32.1. The SMILES string of the molecule is CCc1nnc(Nc2cccc([C@H]3CN(C(=O)CCN4CCC(C)CC4)CCO3)n2)s1. The van der Waals surface area contributed by atoms with Gasteiger partial charge in [0.05, 0.1) is 18.8 Å². The first-order chi connectivity index (χ1) is 15.1. The van der Waals surface area contributed by atoms with Gasteiger partial charge >= 0.3 is 0 Å². The second-order valence-corrected chi connectivity index (χ2v) is 9.46. The summed E-state index contributed by atoms with van der Waals surface area (Å²) in [5.74, 6) is 1.73. The largest absolute Gasteiger partial charge is 0.368 e. The number of rotatable bonds is 7. The van der Waals surface area contributed by atoms with Crippen LogP contribution >= 0.6 is 11.3 Å². The van der Waals surface area contributed by atoms with Gasteiger partial charge in [-0.25, -0.2) is 4.98 Å². The number of morpholine rings is 1. The summed E-state index contributed by atoms with van der Waals surface area (Å²) in [6, 6.07) is 5.81. The number of amides is 1. The molecule has 0 bridgehead atoms. The van der Waals surface area contributed by atoms with E-state index in [1.807, 2.05) is 23.1 Å². The van der Waals surface area contributed by atoms with Crippen molar-refractivity contribution in [2.24, 2.45) is 5.92 Å². The van der Waals surface area contributed by atoms with Gasteiger partial charge in [-0.15, -0.1) is 10.2 Å². The van der Waals surface area contributed by atoms with E-state index in [9.17, 15) is 4.79 Å². The number of carbonyl (C=O) groups is 1. The zero-order valence-electron chi connectivity index (χ0n) is 18.4. The molecule has 2 saturated heterocycles. The molecule has 2 aromatic rings. The summed E-state index contributed by atoms with van der Waals surface area (Å²) in [5, 5.41) is 13.2. The van der Waals surface area contributed by atoms with Crippen LogP contribution in [-0.4, -0.2) is 70.2 Å². The van der Waals surface area contributed by atoms with Gasteiger partial charge in [0.15, 0.2) is 0 Å². The van der Waals surface area contributed by atoms with Crippen molar-refractivity contribution in [2.75, 3.05) is 44.6 Å². The molecule has 8 nitrogen and oxygen atoms in total. The van der Waals surface area contributed by atoms with Crippen molar-refractivity contribution in [1.29, 1.82) is 0 Å². The number of aryl methyl sites for hydroxylation is 1. The number of aromatic nitrogens is 3. The molecule has 0 unspecified atom stereocenters. The van der Waals surface area contributed by atoms with E-state index in [-0.39, 0.29) is 12.0 Å². The number of pyridine rings is 1. The van der Waals surface area contributed by atoms with Crippen LogP contribution in [0.1, 0.15) is 49.9 Å². The third-order valence-electron chi connectivity index (χ3n) is 6.04. The Labute approximate surface area is 188 Å². The van der Waals surface area contributed by atoms with Crippen LogP contribution in [0.4, 0.5) is 10.9 Å². The lowest BCUT2D eigenvalue weighted by atomic mass is 9.99. The highest BCUT2D eigenvalue weighted by Crippen LogP contribution is 2.25. The van der Waals surface area contributed by atoms with E-state index in [1.54, 1.807) is 0 Å². The molecule has 2 aliphatic rings. The van der Waals surface area contributed by atoms with Gasteiger partial charge in [-0.05, 0) is 50.4 Å². The predicted molar refractivity (Wildman–Crippen MR) is 122 cm³/mol. The molecule has 1 amide bonds. The quantitative estimate of drug-likeness (QED) is 0.702. The number of hydrogen-bond acceptors (Lipinski definition) is 8. The van der Waals surface area contributed by atoms with E-state index in [4.69, 9.17) is 9.72 Å². The van der Waals surface area contributed by atoms with Gasteiger partial charge in [-0.1, -0.05) is 31.3 Å². The first kappa shape index (κ1) is 22.1. The summed E-state index contributed by atoms with van der Waals surface area (Å²) in [5.41, 5.74) is 0.827. The molecule has 0 radical (unpaired) electrons. The van der Waals surface area contributed by atoms with Crippen molar-refractivity contribution < 1.29 is 9.53 Å². The Kier molecular flexibility index (Phi) is 7.47. The smallest absolute Gasteiger partial charge is 0.224 e. The zero-order valence-corrected chi connectivity index (χ0v) is 19.2. The molecule has 2 fully saturated rings. The van der Waals surface area contributed by atoms with E-state index in [0.29, 0.717) is 31.9 Å². The van der Waals surface area contributed by atoms with Gasteiger partial charge in [-0.2, -0.15) is 0 Å². The fourth-order valence-corrected chi connectivity index (χ4v) is 4.70. The maximum absolute atomic E-state index is 12.8. The number of nitrogens with zero attached hydrogens (tertiary/aromatic N) is 5. The summed E-state index contributed by atoms with van der Waals surface area (Å²) < 4.78 is 5.96. The highest BCUT2D eigenvalue weighted by Gasteiger charge is 2.27. The summed E-state index contributed by atoms with van der Waals surface area (Å²) >= 11 is 1.53. The van der Waals surface area contributed by atoms with Crippen molar-refractivity contribution in [2.45, 2.75) is 45.6 Å². The minimum atomic E-state index is -0.212. The van der Waals surface area contributed by atoms with Gasteiger partial charge in [0, 0.05) is 19.5 Å². The van der Waals surface area contributed by atoms with Crippen molar-refractivity contribution in [3.8, 4) is 0 Å². The maximum atomic E-state index is 12.8. The van der Waals surface area contributed by atoms with Gasteiger partial charge in [0.25, 0.3) is 0 Å². The second kappa shape index (κ2) is 10.5. The molecule has 0 spiro atoms. The Morgan fingerprint density at radius 1 is 1.26 bits per heavy atom. The number of hydrogen-bond donors (Lipinski definition) is 1. The fraction of sp³-hybridized carbons (Fsp3) is 0.636. The molecule has 4 heterocycles. The Balaban J connectivity index is 1.32. The van der Waals surface area contributed by atoms with Crippen LogP contribution in [0.25, 0.3) is 0 Å². The van der Waals surface area contributed by atoms with E-state index in [0.717, 1.165) is 47.8 Å². The van der Waals surface area contributed by atoms with Gasteiger partial charge < -0.3 is 19.9 Å². The van der Waals surface area contributed by atoms with Gasteiger partial charge in [0.1, 0.15) is 16.9 Å². The van der Waals surface area contributed by atoms with Crippen LogP contribution < -0.4 is 5.32 Å². The van der Waals surface area contributed by atoms with Crippen LogP contribution in [0.15, 0.2) is 18.2 Å². The van der Waals surface area contributed by atoms with Gasteiger partial charge in [-0.3, -0.25) is 4.79 Å².